The zero-order chi connectivity index (χ0) is 19.1. The van der Waals surface area contributed by atoms with Gasteiger partial charge in [-0.05, 0) is 46.1 Å². The average molecular weight is 375 g/mol. The summed E-state index contributed by atoms with van der Waals surface area (Å²) in [6.45, 7) is 5.99. The summed E-state index contributed by atoms with van der Waals surface area (Å²) < 4.78 is 29.9. The van der Waals surface area contributed by atoms with Crippen molar-refractivity contribution < 1.29 is 13.2 Å². The highest BCUT2D eigenvalue weighted by atomic mass is 32.2. The highest BCUT2D eigenvalue weighted by Crippen LogP contribution is 2.28. The number of likely N-dealkylation sites (N-methyl/N-ethyl adjacent to an activating group) is 1. The fourth-order valence-corrected chi connectivity index (χ4v) is 4.48. The molecule has 0 spiro atoms. The Morgan fingerprint density at radius 1 is 1.12 bits per heavy atom. The molecule has 0 N–H and O–H groups in total. The first kappa shape index (κ1) is 18.6. The molecule has 2 heterocycles. The number of likely N-dealkylation sites (tertiary alicyclic amines) is 1. The number of benzene rings is 1. The molecular formula is C19H25N3O3S. The molecule has 0 bridgehead atoms. The number of piperidine rings is 1. The van der Waals surface area contributed by atoms with Crippen LogP contribution in [0.4, 0.5) is 0 Å². The lowest BCUT2D eigenvalue weighted by molar-refractivity contribution is -0.134. The molecule has 0 aromatic heterocycles. The van der Waals surface area contributed by atoms with Crippen LogP contribution in [-0.2, 0) is 15.0 Å². The predicted molar refractivity (Wildman–Crippen MR) is 102 cm³/mol. The molecule has 1 amide bonds. The minimum absolute atomic E-state index is 0.0879. The smallest absolute Gasteiger partial charge is 0.332 e. The number of aryl methyl sites for hydroxylation is 1. The Balaban J connectivity index is 2.03. The van der Waals surface area contributed by atoms with E-state index in [1.54, 1.807) is 11.0 Å². The van der Waals surface area contributed by atoms with E-state index in [1.165, 1.54) is 7.05 Å². The topological polar surface area (TPSA) is 70.0 Å². The molecule has 2 aliphatic rings. The molecule has 6 nitrogen and oxygen atoms in total. The van der Waals surface area contributed by atoms with E-state index >= 15 is 0 Å². The number of hydrogen-bond donors (Lipinski definition) is 0. The van der Waals surface area contributed by atoms with Crippen LogP contribution in [-0.4, -0.2) is 48.4 Å². The van der Waals surface area contributed by atoms with Gasteiger partial charge in [0.15, 0.2) is 0 Å². The number of amides is 1. The molecule has 140 valence electrons. The SMILES string of the molecule is Cc1ccc(C2=NS(=O)(=O)N(C)C(C(=O)N3[C@H](C)CCC[C@H]3C)=C2)cc1. The number of nitrogens with zero attached hydrogens (tertiary/aromatic N) is 3. The van der Waals surface area contributed by atoms with Gasteiger partial charge in [-0.25, -0.2) is 4.31 Å². The molecule has 1 aromatic rings. The second kappa shape index (κ2) is 6.87. The molecular weight excluding hydrogens is 350 g/mol. The standard InChI is InChI=1S/C19H25N3O3S/c1-13-8-10-16(11-9-13)17-12-18(21(4)26(24,25)20-17)19(23)22-14(2)6-5-7-15(22)3/h8-12,14-15H,5-7H2,1-4H3/t14-,15-/m1/s1. The fraction of sp³-hybridized carbons (Fsp3) is 0.474. The van der Waals surface area contributed by atoms with E-state index in [0.717, 1.165) is 29.1 Å². The first-order valence-corrected chi connectivity index (χ1v) is 10.3. The van der Waals surface area contributed by atoms with Crippen molar-refractivity contribution in [3.8, 4) is 0 Å². The van der Waals surface area contributed by atoms with Gasteiger partial charge in [-0.3, -0.25) is 4.79 Å². The van der Waals surface area contributed by atoms with Gasteiger partial charge >= 0.3 is 10.2 Å². The molecule has 1 saturated heterocycles. The molecule has 1 fully saturated rings. The van der Waals surface area contributed by atoms with Gasteiger partial charge in [0.25, 0.3) is 5.91 Å². The summed E-state index contributed by atoms with van der Waals surface area (Å²) in [5, 5.41) is 0. The van der Waals surface area contributed by atoms with Crippen molar-refractivity contribution in [2.75, 3.05) is 7.05 Å². The van der Waals surface area contributed by atoms with Crippen molar-refractivity contribution >= 4 is 21.8 Å². The zero-order valence-electron chi connectivity index (χ0n) is 15.6. The molecule has 0 aliphatic carbocycles. The molecule has 3 rings (SSSR count). The maximum Gasteiger partial charge on any atom is 0.345 e. The Hall–Kier alpha value is -2.15. The van der Waals surface area contributed by atoms with Gasteiger partial charge < -0.3 is 4.90 Å². The predicted octanol–water partition coefficient (Wildman–Crippen LogP) is 2.65. The first-order valence-electron chi connectivity index (χ1n) is 8.91. The monoisotopic (exact) mass is 375 g/mol. The molecule has 0 unspecified atom stereocenters. The number of hydrogen-bond acceptors (Lipinski definition) is 3. The second-order valence-electron chi connectivity index (χ2n) is 7.16. The van der Waals surface area contributed by atoms with Gasteiger partial charge in [0.1, 0.15) is 5.70 Å². The van der Waals surface area contributed by atoms with Crippen LogP contribution in [0.25, 0.3) is 0 Å². The third-order valence-corrected chi connectivity index (χ3v) is 6.48. The van der Waals surface area contributed by atoms with Crippen molar-refractivity contribution in [1.82, 2.24) is 9.21 Å². The second-order valence-corrected chi connectivity index (χ2v) is 8.78. The van der Waals surface area contributed by atoms with E-state index < -0.39 is 10.2 Å². The van der Waals surface area contributed by atoms with Gasteiger partial charge in [-0.1, -0.05) is 29.8 Å². The van der Waals surface area contributed by atoms with Gasteiger partial charge in [-0.15, -0.1) is 4.40 Å². The van der Waals surface area contributed by atoms with Crippen LogP contribution >= 0.6 is 0 Å². The minimum atomic E-state index is -3.93. The van der Waals surface area contributed by atoms with Crippen LogP contribution in [0.2, 0.25) is 0 Å². The summed E-state index contributed by atoms with van der Waals surface area (Å²) in [4.78, 5) is 15.0. The summed E-state index contributed by atoms with van der Waals surface area (Å²) in [7, 11) is -2.55. The molecule has 7 heteroatoms. The largest absolute Gasteiger partial charge is 0.345 e. The first-order chi connectivity index (χ1) is 12.2. The highest BCUT2D eigenvalue weighted by molar-refractivity contribution is 7.88. The molecule has 2 atom stereocenters. The molecule has 26 heavy (non-hydrogen) atoms. The lowest BCUT2D eigenvalue weighted by atomic mass is 9.97. The summed E-state index contributed by atoms with van der Waals surface area (Å²) in [6, 6.07) is 7.61. The van der Waals surface area contributed by atoms with Crippen molar-refractivity contribution in [1.29, 1.82) is 0 Å². The molecule has 1 aromatic carbocycles. The fourth-order valence-electron chi connectivity index (χ4n) is 3.57. The molecule has 0 radical (unpaired) electrons. The van der Waals surface area contributed by atoms with Gasteiger partial charge in [0, 0.05) is 24.7 Å². The van der Waals surface area contributed by atoms with Crippen molar-refractivity contribution in [2.24, 2.45) is 4.40 Å². The van der Waals surface area contributed by atoms with E-state index in [1.807, 2.05) is 45.0 Å². The summed E-state index contributed by atoms with van der Waals surface area (Å²) in [5.74, 6) is -0.254. The van der Waals surface area contributed by atoms with Gasteiger partial charge in [0.2, 0.25) is 0 Å². The minimum Gasteiger partial charge on any atom is -0.332 e. The summed E-state index contributed by atoms with van der Waals surface area (Å²) in [6.07, 6.45) is 4.52. The van der Waals surface area contributed by atoms with E-state index in [4.69, 9.17) is 0 Å². The van der Waals surface area contributed by atoms with Crippen LogP contribution < -0.4 is 0 Å². The zero-order valence-corrected chi connectivity index (χ0v) is 16.5. The van der Waals surface area contributed by atoms with E-state index in [2.05, 4.69) is 4.40 Å². The molecule has 0 saturated carbocycles. The highest BCUT2D eigenvalue weighted by Gasteiger charge is 2.36. The third-order valence-electron chi connectivity index (χ3n) is 5.17. The van der Waals surface area contributed by atoms with Crippen molar-refractivity contribution in [3.63, 3.8) is 0 Å². The Kier molecular flexibility index (Phi) is 4.92. The maximum atomic E-state index is 13.2. The number of allylic oxidation sites excluding steroid dienone is 1. The summed E-state index contributed by atoms with van der Waals surface area (Å²) >= 11 is 0. The van der Waals surface area contributed by atoms with E-state index in [9.17, 15) is 13.2 Å². The van der Waals surface area contributed by atoms with Crippen molar-refractivity contribution in [3.05, 3.63) is 47.2 Å². The van der Waals surface area contributed by atoms with Crippen LogP contribution in [0.3, 0.4) is 0 Å². The van der Waals surface area contributed by atoms with Crippen LogP contribution in [0, 0.1) is 6.92 Å². The average Bonchev–Trinajstić information content (AvgIpc) is 2.57. The number of carbonyl (C=O) groups excluding carboxylic acids is 1. The number of rotatable bonds is 2. The summed E-state index contributed by atoms with van der Waals surface area (Å²) in [5.41, 5.74) is 2.19. The third kappa shape index (κ3) is 3.40. The van der Waals surface area contributed by atoms with E-state index in [0.29, 0.717) is 11.3 Å². The van der Waals surface area contributed by atoms with Crippen LogP contribution in [0.15, 0.2) is 40.4 Å². The lowest BCUT2D eigenvalue weighted by Crippen LogP contribution is -2.50. The Labute approximate surface area is 155 Å². The molecule has 2 aliphatic heterocycles. The van der Waals surface area contributed by atoms with Crippen LogP contribution in [0.1, 0.15) is 44.2 Å². The Bertz CT molecular complexity index is 862. The Morgan fingerprint density at radius 3 is 2.27 bits per heavy atom. The van der Waals surface area contributed by atoms with Crippen molar-refractivity contribution in [2.45, 2.75) is 52.1 Å². The Morgan fingerprint density at radius 2 is 1.69 bits per heavy atom. The quantitative estimate of drug-likeness (QED) is 0.798. The van der Waals surface area contributed by atoms with E-state index in [-0.39, 0.29) is 23.7 Å². The number of carbonyl (C=O) groups is 1. The van der Waals surface area contributed by atoms with Gasteiger partial charge in [-0.2, -0.15) is 8.42 Å². The lowest BCUT2D eigenvalue weighted by Gasteiger charge is -2.40. The van der Waals surface area contributed by atoms with Crippen LogP contribution in [0.5, 0.6) is 0 Å². The van der Waals surface area contributed by atoms with Gasteiger partial charge in [0.05, 0.1) is 5.71 Å². The maximum absolute atomic E-state index is 13.2. The normalized spacial score (nSPS) is 25.5.